The minimum atomic E-state index is -0.447. The van der Waals surface area contributed by atoms with Gasteiger partial charge in [0.05, 0.1) is 6.61 Å². The van der Waals surface area contributed by atoms with E-state index in [1.807, 2.05) is 27.7 Å². The van der Waals surface area contributed by atoms with Gasteiger partial charge < -0.3 is 20.1 Å². The molecule has 2 atom stereocenters. The van der Waals surface area contributed by atoms with Gasteiger partial charge in [0.25, 0.3) is 0 Å². The molecule has 0 saturated heterocycles. The summed E-state index contributed by atoms with van der Waals surface area (Å²) in [4.78, 5) is 11.6. The second kappa shape index (κ2) is 7.84. The third kappa shape index (κ3) is 7.70. The van der Waals surface area contributed by atoms with Crippen LogP contribution < -0.4 is 10.6 Å². The SMILES string of the molecule is COCC(NCCC(C)NC(=O)OC(C)(C)C)C1CC1. The molecule has 2 N–H and O–H groups in total. The van der Waals surface area contributed by atoms with Crippen molar-refractivity contribution in [2.75, 3.05) is 20.3 Å². The molecule has 0 heterocycles. The van der Waals surface area contributed by atoms with Crippen molar-refractivity contribution in [3.8, 4) is 0 Å². The Morgan fingerprint density at radius 3 is 2.50 bits per heavy atom. The molecule has 0 aromatic carbocycles. The highest BCUT2D eigenvalue weighted by atomic mass is 16.6. The van der Waals surface area contributed by atoms with E-state index in [4.69, 9.17) is 9.47 Å². The maximum Gasteiger partial charge on any atom is 0.407 e. The molecule has 1 fully saturated rings. The second-order valence-electron chi connectivity index (χ2n) is 6.69. The smallest absolute Gasteiger partial charge is 0.407 e. The second-order valence-corrected chi connectivity index (χ2v) is 6.69. The molecule has 1 rings (SSSR count). The zero-order valence-corrected chi connectivity index (χ0v) is 13.5. The van der Waals surface area contributed by atoms with E-state index < -0.39 is 5.60 Å². The number of hydrogen-bond acceptors (Lipinski definition) is 4. The highest BCUT2D eigenvalue weighted by Gasteiger charge is 2.30. The number of rotatable bonds is 8. The van der Waals surface area contributed by atoms with Gasteiger partial charge in [-0.15, -0.1) is 0 Å². The molecular formula is C15H30N2O3. The largest absolute Gasteiger partial charge is 0.444 e. The van der Waals surface area contributed by atoms with Crippen LogP contribution in [-0.2, 0) is 9.47 Å². The van der Waals surface area contributed by atoms with Gasteiger partial charge in [-0.25, -0.2) is 4.79 Å². The highest BCUT2D eigenvalue weighted by molar-refractivity contribution is 5.67. The number of nitrogens with one attached hydrogen (secondary N) is 2. The van der Waals surface area contributed by atoms with Crippen molar-refractivity contribution in [3.05, 3.63) is 0 Å². The van der Waals surface area contributed by atoms with E-state index in [1.54, 1.807) is 7.11 Å². The summed E-state index contributed by atoms with van der Waals surface area (Å²) in [6.07, 6.45) is 3.13. The van der Waals surface area contributed by atoms with Crippen molar-refractivity contribution in [2.45, 2.75) is 64.6 Å². The van der Waals surface area contributed by atoms with Gasteiger partial charge in [0, 0.05) is 19.2 Å². The van der Waals surface area contributed by atoms with Gasteiger partial charge in [-0.2, -0.15) is 0 Å². The zero-order valence-electron chi connectivity index (χ0n) is 13.5. The topological polar surface area (TPSA) is 59.6 Å². The molecule has 0 aromatic rings. The van der Waals surface area contributed by atoms with Gasteiger partial charge in [-0.05, 0) is 59.4 Å². The monoisotopic (exact) mass is 286 g/mol. The Balaban J connectivity index is 2.15. The van der Waals surface area contributed by atoms with Crippen LogP contribution in [0.4, 0.5) is 4.79 Å². The Morgan fingerprint density at radius 1 is 1.35 bits per heavy atom. The van der Waals surface area contributed by atoms with E-state index in [2.05, 4.69) is 10.6 Å². The van der Waals surface area contributed by atoms with Crippen LogP contribution in [0.25, 0.3) is 0 Å². The number of alkyl carbamates (subject to hydrolysis) is 1. The fraction of sp³-hybridized carbons (Fsp3) is 0.933. The number of hydrogen-bond donors (Lipinski definition) is 2. The van der Waals surface area contributed by atoms with Gasteiger partial charge in [-0.1, -0.05) is 0 Å². The van der Waals surface area contributed by atoms with Crippen LogP contribution in [0.3, 0.4) is 0 Å². The Hall–Kier alpha value is -0.810. The number of amides is 1. The zero-order chi connectivity index (χ0) is 15.2. The summed E-state index contributed by atoms with van der Waals surface area (Å²) in [6.45, 7) is 9.23. The predicted molar refractivity (Wildman–Crippen MR) is 79.8 cm³/mol. The molecule has 20 heavy (non-hydrogen) atoms. The third-order valence-corrected chi connectivity index (χ3v) is 3.28. The first kappa shape index (κ1) is 17.2. The molecule has 1 aliphatic carbocycles. The van der Waals surface area contributed by atoms with E-state index in [-0.39, 0.29) is 12.1 Å². The maximum absolute atomic E-state index is 11.6. The molecule has 0 aromatic heterocycles. The lowest BCUT2D eigenvalue weighted by Gasteiger charge is -2.23. The highest BCUT2D eigenvalue weighted by Crippen LogP contribution is 2.32. The standard InChI is InChI=1S/C15H30N2O3/c1-11(17-14(18)20-15(2,3)4)8-9-16-13(10-19-5)12-6-7-12/h11-13,16H,6-10H2,1-5H3,(H,17,18). The predicted octanol–water partition coefficient (Wildman–Crippen LogP) is 2.30. The molecule has 1 saturated carbocycles. The maximum atomic E-state index is 11.6. The molecular weight excluding hydrogens is 256 g/mol. The summed E-state index contributed by atoms with van der Waals surface area (Å²) in [5.74, 6) is 0.768. The number of ether oxygens (including phenoxy) is 2. The van der Waals surface area contributed by atoms with E-state index in [1.165, 1.54) is 12.8 Å². The van der Waals surface area contributed by atoms with Gasteiger partial charge in [0.15, 0.2) is 0 Å². The van der Waals surface area contributed by atoms with Crippen LogP contribution in [0.1, 0.15) is 47.0 Å². The van der Waals surface area contributed by atoms with Crippen LogP contribution in [-0.4, -0.2) is 44.0 Å². The van der Waals surface area contributed by atoms with Crippen LogP contribution in [0.15, 0.2) is 0 Å². The van der Waals surface area contributed by atoms with Crippen molar-refractivity contribution in [1.82, 2.24) is 10.6 Å². The number of carbonyl (C=O) groups excluding carboxylic acids is 1. The van der Waals surface area contributed by atoms with E-state index >= 15 is 0 Å². The van der Waals surface area contributed by atoms with E-state index in [9.17, 15) is 4.79 Å². The summed E-state index contributed by atoms with van der Waals surface area (Å²) in [5.41, 5.74) is -0.447. The lowest BCUT2D eigenvalue weighted by Crippen LogP contribution is -2.41. The van der Waals surface area contributed by atoms with Crippen molar-refractivity contribution in [1.29, 1.82) is 0 Å². The summed E-state index contributed by atoms with van der Waals surface area (Å²) < 4.78 is 10.5. The molecule has 0 radical (unpaired) electrons. The van der Waals surface area contributed by atoms with E-state index in [0.717, 1.165) is 25.5 Å². The molecule has 0 aliphatic heterocycles. The van der Waals surface area contributed by atoms with Gasteiger partial charge in [0.1, 0.15) is 5.60 Å². The van der Waals surface area contributed by atoms with E-state index in [0.29, 0.717) is 6.04 Å². The minimum Gasteiger partial charge on any atom is -0.444 e. The Bertz CT molecular complexity index is 298. The first-order valence-electron chi connectivity index (χ1n) is 7.53. The summed E-state index contributed by atoms with van der Waals surface area (Å²) in [7, 11) is 1.74. The molecule has 1 amide bonds. The first-order chi connectivity index (χ1) is 9.31. The molecule has 0 spiro atoms. The fourth-order valence-corrected chi connectivity index (χ4v) is 2.11. The molecule has 5 heteroatoms. The molecule has 5 nitrogen and oxygen atoms in total. The van der Waals surface area contributed by atoms with Crippen molar-refractivity contribution < 1.29 is 14.3 Å². The van der Waals surface area contributed by atoms with Crippen molar-refractivity contribution in [3.63, 3.8) is 0 Å². The summed E-state index contributed by atoms with van der Waals surface area (Å²) in [6, 6.07) is 0.550. The lowest BCUT2D eigenvalue weighted by atomic mass is 10.1. The Labute approximate surface area is 122 Å². The van der Waals surface area contributed by atoms with Crippen LogP contribution in [0, 0.1) is 5.92 Å². The van der Waals surface area contributed by atoms with Gasteiger partial charge in [-0.3, -0.25) is 0 Å². The van der Waals surface area contributed by atoms with Crippen molar-refractivity contribution in [2.24, 2.45) is 5.92 Å². The third-order valence-electron chi connectivity index (χ3n) is 3.28. The summed E-state index contributed by atoms with van der Waals surface area (Å²) >= 11 is 0. The summed E-state index contributed by atoms with van der Waals surface area (Å²) in [5, 5.41) is 6.37. The molecule has 2 unspecified atom stereocenters. The average Bonchev–Trinajstić information content (AvgIpc) is 3.08. The fourth-order valence-electron chi connectivity index (χ4n) is 2.11. The van der Waals surface area contributed by atoms with Crippen LogP contribution in [0.2, 0.25) is 0 Å². The minimum absolute atomic E-state index is 0.0970. The molecule has 118 valence electrons. The van der Waals surface area contributed by atoms with Crippen molar-refractivity contribution >= 4 is 6.09 Å². The quantitative estimate of drug-likeness (QED) is 0.719. The lowest BCUT2D eigenvalue weighted by molar-refractivity contribution is 0.0506. The normalized spacial score (nSPS) is 18.4. The van der Waals surface area contributed by atoms with Crippen LogP contribution >= 0.6 is 0 Å². The van der Waals surface area contributed by atoms with Gasteiger partial charge >= 0.3 is 6.09 Å². The van der Waals surface area contributed by atoms with Crippen LogP contribution in [0.5, 0.6) is 0 Å². The number of methoxy groups -OCH3 is 1. The first-order valence-corrected chi connectivity index (χ1v) is 7.53. The molecule has 0 bridgehead atoms. The Kier molecular flexibility index (Phi) is 6.76. The Morgan fingerprint density at radius 2 is 2.00 bits per heavy atom. The number of carbonyl (C=O) groups is 1. The average molecular weight is 286 g/mol. The van der Waals surface area contributed by atoms with Gasteiger partial charge in [0.2, 0.25) is 0 Å². The molecule has 1 aliphatic rings.